The Labute approximate surface area is 109 Å². The highest BCUT2D eigenvalue weighted by molar-refractivity contribution is 4.83. The van der Waals surface area contributed by atoms with Crippen LogP contribution in [0, 0.1) is 17.8 Å². The zero-order valence-electron chi connectivity index (χ0n) is 12.3. The van der Waals surface area contributed by atoms with E-state index < -0.39 is 0 Å². The highest BCUT2D eigenvalue weighted by Gasteiger charge is 2.28. The average molecular weight is 239 g/mol. The minimum absolute atomic E-state index is 0.496. The zero-order valence-corrected chi connectivity index (χ0v) is 12.3. The van der Waals surface area contributed by atoms with Crippen molar-refractivity contribution >= 4 is 0 Å². The summed E-state index contributed by atoms with van der Waals surface area (Å²) >= 11 is 0. The molecule has 0 aromatic heterocycles. The molecule has 0 aliphatic heterocycles. The van der Waals surface area contributed by atoms with Gasteiger partial charge in [0.05, 0.1) is 0 Å². The number of unbranched alkanes of at least 4 members (excludes halogenated alkanes) is 4. The first-order valence-electron chi connectivity index (χ1n) is 7.90. The van der Waals surface area contributed by atoms with Gasteiger partial charge in [-0.2, -0.15) is 0 Å². The van der Waals surface area contributed by atoms with Gasteiger partial charge in [0.15, 0.2) is 0 Å². The Bertz CT molecular complexity index is 188. The second-order valence-electron chi connectivity index (χ2n) is 6.44. The summed E-state index contributed by atoms with van der Waals surface area (Å²) in [5.41, 5.74) is 6.28. The SMILES string of the molecule is CCCCCCCC1CC(C(C)C)CCC1N. The van der Waals surface area contributed by atoms with Gasteiger partial charge in [-0.15, -0.1) is 0 Å². The van der Waals surface area contributed by atoms with E-state index in [1.54, 1.807) is 0 Å². The fourth-order valence-corrected chi connectivity index (χ4v) is 3.27. The molecule has 1 nitrogen and oxygen atoms in total. The van der Waals surface area contributed by atoms with Crippen molar-refractivity contribution in [2.75, 3.05) is 0 Å². The molecule has 2 N–H and O–H groups in total. The molecule has 0 amide bonds. The molecule has 0 radical (unpaired) electrons. The molecule has 0 bridgehead atoms. The molecule has 3 unspecified atom stereocenters. The molecule has 1 heteroatoms. The highest BCUT2D eigenvalue weighted by atomic mass is 14.7. The van der Waals surface area contributed by atoms with Gasteiger partial charge in [0.25, 0.3) is 0 Å². The molecule has 1 aliphatic rings. The van der Waals surface area contributed by atoms with Crippen LogP contribution < -0.4 is 5.73 Å². The monoisotopic (exact) mass is 239 g/mol. The van der Waals surface area contributed by atoms with Crippen LogP contribution >= 0.6 is 0 Å². The first-order chi connectivity index (χ1) is 8.15. The van der Waals surface area contributed by atoms with E-state index in [0.717, 1.165) is 17.8 Å². The Hall–Kier alpha value is -0.0400. The minimum atomic E-state index is 0.496. The van der Waals surface area contributed by atoms with Crippen LogP contribution in [-0.2, 0) is 0 Å². The summed E-state index contributed by atoms with van der Waals surface area (Å²) in [7, 11) is 0. The summed E-state index contributed by atoms with van der Waals surface area (Å²) in [5, 5.41) is 0. The summed E-state index contributed by atoms with van der Waals surface area (Å²) in [5.74, 6) is 2.61. The lowest BCUT2D eigenvalue weighted by atomic mass is 9.72. The van der Waals surface area contributed by atoms with Crippen LogP contribution in [-0.4, -0.2) is 6.04 Å². The number of hydrogen-bond donors (Lipinski definition) is 1. The van der Waals surface area contributed by atoms with E-state index in [-0.39, 0.29) is 0 Å². The van der Waals surface area contributed by atoms with E-state index in [2.05, 4.69) is 20.8 Å². The third kappa shape index (κ3) is 5.42. The zero-order chi connectivity index (χ0) is 12.7. The lowest BCUT2D eigenvalue weighted by Gasteiger charge is -2.36. The van der Waals surface area contributed by atoms with Crippen LogP contribution in [0.5, 0.6) is 0 Å². The lowest BCUT2D eigenvalue weighted by molar-refractivity contribution is 0.179. The number of rotatable bonds is 7. The van der Waals surface area contributed by atoms with Crippen LogP contribution in [0.4, 0.5) is 0 Å². The maximum absolute atomic E-state index is 6.28. The molecule has 0 heterocycles. The minimum Gasteiger partial charge on any atom is -0.327 e. The predicted molar refractivity (Wildman–Crippen MR) is 77.0 cm³/mol. The summed E-state index contributed by atoms with van der Waals surface area (Å²) < 4.78 is 0. The van der Waals surface area contributed by atoms with Gasteiger partial charge in [0.1, 0.15) is 0 Å². The Balaban J connectivity index is 2.20. The number of nitrogens with two attached hydrogens (primary N) is 1. The first-order valence-corrected chi connectivity index (χ1v) is 7.90. The topological polar surface area (TPSA) is 26.0 Å². The second-order valence-corrected chi connectivity index (χ2v) is 6.44. The molecule has 1 fully saturated rings. The Morgan fingerprint density at radius 2 is 1.76 bits per heavy atom. The van der Waals surface area contributed by atoms with Gasteiger partial charge in [0, 0.05) is 6.04 Å². The predicted octanol–water partition coefficient (Wildman–Crippen LogP) is 4.75. The normalized spacial score (nSPS) is 29.8. The molecule has 0 spiro atoms. The van der Waals surface area contributed by atoms with Gasteiger partial charge in [-0.3, -0.25) is 0 Å². The Morgan fingerprint density at radius 3 is 2.41 bits per heavy atom. The van der Waals surface area contributed by atoms with E-state index >= 15 is 0 Å². The number of hydrogen-bond acceptors (Lipinski definition) is 1. The largest absolute Gasteiger partial charge is 0.327 e. The van der Waals surface area contributed by atoms with Gasteiger partial charge >= 0.3 is 0 Å². The second kappa shape index (κ2) is 8.13. The maximum atomic E-state index is 6.28. The van der Waals surface area contributed by atoms with E-state index in [9.17, 15) is 0 Å². The Kier molecular flexibility index (Phi) is 7.18. The fourth-order valence-electron chi connectivity index (χ4n) is 3.27. The van der Waals surface area contributed by atoms with Crippen molar-refractivity contribution in [2.45, 2.75) is 84.6 Å². The Morgan fingerprint density at radius 1 is 1.06 bits per heavy atom. The van der Waals surface area contributed by atoms with Gasteiger partial charge in [-0.05, 0) is 43.4 Å². The summed E-state index contributed by atoms with van der Waals surface area (Å²) in [6.07, 6.45) is 12.4. The summed E-state index contributed by atoms with van der Waals surface area (Å²) in [4.78, 5) is 0. The molecule has 17 heavy (non-hydrogen) atoms. The maximum Gasteiger partial charge on any atom is 0.00673 e. The van der Waals surface area contributed by atoms with Crippen LogP contribution in [0.25, 0.3) is 0 Å². The van der Waals surface area contributed by atoms with Crippen molar-refractivity contribution < 1.29 is 0 Å². The molecule has 0 aromatic rings. The highest BCUT2D eigenvalue weighted by Crippen LogP contribution is 2.35. The summed E-state index contributed by atoms with van der Waals surface area (Å²) in [6, 6.07) is 0.496. The van der Waals surface area contributed by atoms with Crippen molar-refractivity contribution in [2.24, 2.45) is 23.5 Å². The van der Waals surface area contributed by atoms with Gasteiger partial charge in [-0.1, -0.05) is 52.9 Å². The van der Waals surface area contributed by atoms with Crippen molar-refractivity contribution in [1.82, 2.24) is 0 Å². The molecular formula is C16H33N. The van der Waals surface area contributed by atoms with Gasteiger partial charge in [0.2, 0.25) is 0 Å². The van der Waals surface area contributed by atoms with Crippen molar-refractivity contribution in [3.05, 3.63) is 0 Å². The molecule has 1 aliphatic carbocycles. The van der Waals surface area contributed by atoms with Crippen LogP contribution in [0.2, 0.25) is 0 Å². The van der Waals surface area contributed by atoms with E-state index in [1.165, 1.54) is 57.8 Å². The quantitative estimate of drug-likeness (QED) is 0.638. The molecule has 0 saturated heterocycles. The third-order valence-corrected chi connectivity index (χ3v) is 4.70. The van der Waals surface area contributed by atoms with Crippen molar-refractivity contribution in [3.63, 3.8) is 0 Å². The lowest BCUT2D eigenvalue weighted by Crippen LogP contribution is -2.37. The van der Waals surface area contributed by atoms with Crippen LogP contribution in [0.1, 0.15) is 78.6 Å². The first kappa shape index (κ1) is 15.0. The van der Waals surface area contributed by atoms with Crippen LogP contribution in [0.15, 0.2) is 0 Å². The smallest absolute Gasteiger partial charge is 0.00673 e. The molecule has 1 saturated carbocycles. The third-order valence-electron chi connectivity index (χ3n) is 4.70. The fraction of sp³-hybridized carbons (Fsp3) is 1.00. The molecule has 3 atom stereocenters. The van der Waals surface area contributed by atoms with E-state index in [4.69, 9.17) is 5.73 Å². The van der Waals surface area contributed by atoms with Crippen molar-refractivity contribution in [1.29, 1.82) is 0 Å². The molecule has 0 aromatic carbocycles. The van der Waals surface area contributed by atoms with E-state index in [1.807, 2.05) is 0 Å². The standard InChI is InChI=1S/C16H33N/c1-4-5-6-7-8-9-15-12-14(13(2)3)10-11-16(15)17/h13-16H,4-12,17H2,1-3H3. The van der Waals surface area contributed by atoms with Crippen LogP contribution in [0.3, 0.4) is 0 Å². The van der Waals surface area contributed by atoms with E-state index in [0.29, 0.717) is 6.04 Å². The average Bonchev–Trinajstić information content (AvgIpc) is 2.30. The molecular weight excluding hydrogens is 206 g/mol. The molecule has 102 valence electrons. The van der Waals surface area contributed by atoms with Gasteiger partial charge in [-0.25, -0.2) is 0 Å². The van der Waals surface area contributed by atoms with Crippen molar-refractivity contribution in [3.8, 4) is 0 Å². The molecule has 1 rings (SSSR count). The van der Waals surface area contributed by atoms with Gasteiger partial charge < -0.3 is 5.73 Å². The summed E-state index contributed by atoms with van der Waals surface area (Å²) in [6.45, 7) is 7.03.